The highest BCUT2D eigenvalue weighted by Gasteiger charge is 2.10. The summed E-state index contributed by atoms with van der Waals surface area (Å²) in [5.74, 6) is 0.503. The van der Waals surface area contributed by atoms with Crippen molar-refractivity contribution in [1.82, 2.24) is 9.97 Å². The van der Waals surface area contributed by atoms with Crippen LogP contribution in [0.2, 0.25) is 5.02 Å². The third-order valence-corrected chi connectivity index (χ3v) is 4.84. The molecular weight excluding hydrogens is 372 g/mol. The first-order valence-electron chi connectivity index (χ1n) is 9.01. The van der Waals surface area contributed by atoms with Crippen molar-refractivity contribution in [3.63, 3.8) is 0 Å². The van der Waals surface area contributed by atoms with E-state index in [9.17, 15) is 4.79 Å². The van der Waals surface area contributed by atoms with Crippen molar-refractivity contribution in [2.75, 3.05) is 17.2 Å². The van der Waals surface area contributed by atoms with Gasteiger partial charge in [0.05, 0.1) is 22.5 Å². The molecule has 0 saturated heterocycles. The van der Waals surface area contributed by atoms with E-state index >= 15 is 0 Å². The first-order chi connectivity index (χ1) is 13.7. The smallest absolute Gasteiger partial charge is 0.257 e. The minimum Gasteiger partial charge on any atom is -0.370 e. The van der Waals surface area contributed by atoms with Gasteiger partial charge in [0.1, 0.15) is 5.82 Å². The van der Waals surface area contributed by atoms with E-state index in [1.807, 2.05) is 30.5 Å². The number of carbonyl (C=O) groups is 1. The summed E-state index contributed by atoms with van der Waals surface area (Å²) < 4.78 is 0. The van der Waals surface area contributed by atoms with Crippen LogP contribution in [0.25, 0.3) is 10.9 Å². The molecule has 0 aliphatic heterocycles. The molecule has 2 aromatic carbocycles. The van der Waals surface area contributed by atoms with Crippen molar-refractivity contribution in [3.8, 4) is 0 Å². The Morgan fingerprint density at radius 1 is 1.04 bits per heavy atom. The van der Waals surface area contributed by atoms with Crippen LogP contribution in [-0.4, -0.2) is 22.4 Å². The summed E-state index contributed by atoms with van der Waals surface area (Å²) in [5, 5.41) is 7.78. The van der Waals surface area contributed by atoms with Crippen LogP contribution in [0.3, 0.4) is 0 Å². The lowest BCUT2D eigenvalue weighted by molar-refractivity contribution is 0.102. The zero-order valence-electron chi connectivity index (χ0n) is 15.1. The number of amides is 1. The Kier molecular flexibility index (Phi) is 5.26. The van der Waals surface area contributed by atoms with E-state index in [4.69, 9.17) is 11.6 Å². The van der Waals surface area contributed by atoms with Gasteiger partial charge in [-0.05, 0) is 42.3 Å². The van der Waals surface area contributed by atoms with Crippen molar-refractivity contribution >= 4 is 39.9 Å². The standard InChI is InChI=1S/C22H19ClN4O/c23-19-7-3-1-6-18(19)22(28)27-16-9-10-21(26-14-16)24-12-11-15-13-25-20-8-4-2-5-17(15)20/h1-10,13-14,25H,11-12H2,(H,24,26)(H,27,28). The Morgan fingerprint density at radius 3 is 2.68 bits per heavy atom. The second-order valence-electron chi connectivity index (χ2n) is 6.40. The predicted molar refractivity (Wildman–Crippen MR) is 114 cm³/mol. The van der Waals surface area contributed by atoms with Gasteiger partial charge >= 0.3 is 0 Å². The highest BCUT2D eigenvalue weighted by Crippen LogP contribution is 2.19. The molecule has 0 atom stereocenters. The fraction of sp³-hybridized carbons (Fsp3) is 0.0909. The van der Waals surface area contributed by atoms with Crippen LogP contribution in [0.4, 0.5) is 11.5 Å². The van der Waals surface area contributed by atoms with Crippen LogP contribution in [0.5, 0.6) is 0 Å². The molecule has 140 valence electrons. The zero-order valence-corrected chi connectivity index (χ0v) is 15.8. The van der Waals surface area contributed by atoms with Gasteiger partial charge in [0, 0.05) is 23.6 Å². The summed E-state index contributed by atoms with van der Waals surface area (Å²) in [6, 6.07) is 18.9. The zero-order chi connectivity index (χ0) is 19.3. The number of hydrogen-bond acceptors (Lipinski definition) is 3. The van der Waals surface area contributed by atoms with Crippen LogP contribution in [0, 0.1) is 0 Å². The lowest BCUT2D eigenvalue weighted by atomic mass is 10.1. The van der Waals surface area contributed by atoms with E-state index in [0.29, 0.717) is 16.3 Å². The highest BCUT2D eigenvalue weighted by molar-refractivity contribution is 6.34. The number of anilines is 2. The second kappa shape index (κ2) is 8.15. The molecular formula is C22H19ClN4O. The fourth-order valence-corrected chi connectivity index (χ4v) is 3.30. The third kappa shape index (κ3) is 4.00. The molecule has 0 radical (unpaired) electrons. The first kappa shape index (κ1) is 18.1. The van der Waals surface area contributed by atoms with Gasteiger partial charge in [-0.2, -0.15) is 0 Å². The molecule has 3 N–H and O–H groups in total. The van der Waals surface area contributed by atoms with Crippen molar-refractivity contribution in [1.29, 1.82) is 0 Å². The maximum Gasteiger partial charge on any atom is 0.257 e. The van der Waals surface area contributed by atoms with Crippen molar-refractivity contribution in [2.45, 2.75) is 6.42 Å². The maximum absolute atomic E-state index is 12.3. The molecule has 0 spiro atoms. The Hall–Kier alpha value is -3.31. The monoisotopic (exact) mass is 390 g/mol. The molecule has 6 heteroatoms. The van der Waals surface area contributed by atoms with Crippen molar-refractivity contribution in [3.05, 3.63) is 89.2 Å². The molecule has 2 aromatic heterocycles. The summed E-state index contributed by atoms with van der Waals surface area (Å²) in [4.78, 5) is 19.9. The van der Waals surface area contributed by atoms with Gasteiger partial charge in [-0.1, -0.05) is 41.9 Å². The van der Waals surface area contributed by atoms with E-state index < -0.39 is 0 Å². The van der Waals surface area contributed by atoms with Crippen molar-refractivity contribution in [2.24, 2.45) is 0 Å². The van der Waals surface area contributed by atoms with Gasteiger partial charge < -0.3 is 15.6 Å². The average Bonchev–Trinajstić information content (AvgIpc) is 3.13. The summed E-state index contributed by atoms with van der Waals surface area (Å²) in [5.41, 5.74) is 3.47. The van der Waals surface area contributed by atoms with Crippen LogP contribution in [-0.2, 0) is 6.42 Å². The molecule has 5 nitrogen and oxygen atoms in total. The summed E-state index contributed by atoms with van der Waals surface area (Å²) >= 11 is 6.06. The van der Waals surface area contributed by atoms with Gasteiger partial charge in [-0.15, -0.1) is 0 Å². The Labute approximate surface area is 167 Å². The van der Waals surface area contributed by atoms with Crippen LogP contribution in [0.15, 0.2) is 73.1 Å². The maximum atomic E-state index is 12.3. The lowest BCUT2D eigenvalue weighted by Crippen LogP contribution is -2.13. The molecule has 2 heterocycles. The van der Waals surface area contributed by atoms with Crippen LogP contribution in [0.1, 0.15) is 15.9 Å². The number of carbonyl (C=O) groups excluding carboxylic acids is 1. The van der Waals surface area contributed by atoms with E-state index in [1.165, 1.54) is 10.9 Å². The number of rotatable bonds is 6. The Balaban J connectivity index is 1.33. The molecule has 28 heavy (non-hydrogen) atoms. The molecule has 0 bridgehead atoms. The van der Waals surface area contributed by atoms with Gasteiger partial charge in [-0.25, -0.2) is 4.98 Å². The van der Waals surface area contributed by atoms with E-state index in [-0.39, 0.29) is 5.91 Å². The molecule has 0 aliphatic carbocycles. The van der Waals surface area contributed by atoms with Gasteiger partial charge in [0.2, 0.25) is 0 Å². The number of H-pyrrole nitrogens is 1. The number of pyridine rings is 1. The quantitative estimate of drug-likeness (QED) is 0.427. The van der Waals surface area contributed by atoms with Crippen LogP contribution < -0.4 is 10.6 Å². The van der Waals surface area contributed by atoms with Gasteiger partial charge in [-0.3, -0.25) is 4.79 Å². The molecule has 4 rings (SSSR count). The van der Waals surface area contributed by atoms with Gasteiger partial charge in [0.25, 0.3) is 5.91 Å². The molecule has 0 fully saturated rings. The topological polar surface area (TPSA) is 69.8 Å². The summed E-state index contributed by atoms with van der Waals surface area (Å²) in [6.07, 6.45) is 4.56. The third-order valence-electron chi connectivity index (χ3n) is 4.52. The van der Waals surface area contributed by atoms with E-state index in [2.05, 4.69) is 32.7 Å². The van der Waals surface area contributed by atoms with Crippen molar-refractivity contribution < 1.29 is 4.79 Å². The number of hydrogen-bond donors (Lipinski definition) is 3. The number of aromatic amines is 1. The normalized spacial score (nSPS) is 10.8. The number of para-hydroxylation sites is 1. The highest BCUT2D eigenvalue weighted by atomic mass is 35.5. The first-order valence-corrected chi connectivity index (χ1v) is 9.39. The SMILES string of the molecule is O=C(Nc1ccc(NCCc2c[nH]c3ccccc23)nc1)c1ccccc1Cl. The number of aromatic nitrogens is 2. The van der Waals surface area contributed by atoms with E-state index in [0.717, 1.165) is 24.3 Å². The lowest BCUT2D eigenvalue weighted by Gasteiger charge is -2.08. The minimum absolute atomic E-state index is 0.257. The van der Waals surface area contributed by atoms with Gasteiger partial charge in [0.15, 0.2) is 0 Å². The average molecular weight is 391 g/mol. The minimum atomic E-state index is -0.257. The van der Waals surface area contributed by atoms with E-state index in [1.54, 1.807) is 30.5 Å². The molecule has 0 unspecified atom stereocenters. The molecule has 1 amide bonds. The summed E-state index contributed by atoms with van der Waals surface area (Å²) in [6.45, 7) is 0.764. The molecule has 0 saturated carbocycles. The molecule has 4 aromatic rings. The fourth-order valence-electron chi connectivity index (χ4n) is 3.08. The number of nitrogens with one attached hydrogen (secondary N) is 3. The number of nitrogens with zero attached hydrogens (tertiary/aromatic N) is 1. The Bertz CT molecular complexity index is 1100. The number of fused-ring (bicyclic) bond motifs is 1. The Morgan fingerprint density at radius 2 is 1.86 bits per heavy atom. The second-order valence-corrected chi connectivity index (χ2v) is 6.81. The predicted octanol–water partition coefficient (Wildman–Crippen LogP) is 5.12. The number of halogens is 1. The molecule has 0 aliphatic rings. The summed E-state index contributed by atoms with van der Waals surface area (Å²) in [7, 11) is 0. The van der Waals surface area contributed by atoms with Crippen LogP contribution >= 0.6 is 11.6 Å². The largest absolute Gasteiger partial charge is 0.370 e. The number of benzene rings is 2.